The van der Waals surface area contributed by atoms with Crippen LogP contribution in [0.3, 0.4) is 0 Å². The molecule has 0 aliphatic carbocycles. The zero-order chi connectivity index (χ0) is 12.8. The van der Waals surface area contributed by atoms with Gasteiger partial charge in [0.05, 0.1) is 31.5 Å². The number of rotatable bonds is 7. The second-order valence-electron chi connectivity index (χ2n) is 5.21. The summed E-state index contributed by atoms with van der Waals surface area (Å²) in [5.41, 5.74) is 0. The molecule has 0 aromatic carbocycles. The SMILES string of the molecule is CC1OCCC1NCC(O)COCC1CCCO1. The lowest BCUT2D eigenvalue weighted by molar-refractivity contribution is -0.0174. The second kappa shape index (κ2) is 7.40. The van der Waals surface area contributed by atoms with Gasteiger partial charge in [0.2, 0.25) is 0 Å². The minimum atomic E-state index is -0.459. The molecule has 4 unspecified atom stereocenters. The normalized spacial score (nSPS) is 34.0. The molecule has 2 aliphatic rings. The molecule has 2 heterocycles. The van der Waals surface area contributed by atoms with E-state index < -0.39 is 6.10 Å². The lowest BCUT2D eigenvalue weighted by atomic mass is 10.1. The van der Waals surface area contributed by atoms with Crippen LogP contribution in [-0.4, -0.2) is 62.4 Å². The first-order chi connectivity index (χ1) is 8.75. The van der Waals surface area contributed by atoms with Gasteiger partial charge < -0.3 is 24.6 Å². The van der Waals surface area contributed by atoms with Crippen LogP contribution in [0.15, 0.2) is 0 Å². The Hall–Kier alpha value is -0.200. The van der Waals surface area contributed by atoms with Crippen LogP contribution in [0.2, 0.25) is 0 Å². The fourth-order valence-corrected chi connectivity index (χ4v) is 2.46. The first-order valence-corrected chi connectivity index (χ1v) is 6.98. The topological polar surface area (TPSA) is 60.0 Å². The van der Waals surface area contributed by atoms with E-state index in [0.29, 0.717) is 25.8 Å². The number of nitrogens with one attached hydrogen (secondary N) is 1. The summed E-state index contributed by atoms with van der Waals surface area (Å²) in [6, 6.07) is 0.359. The van der Waals surface area contributed by atoms with Gasteiger partial charge in [-0.25, -0.2) is 0 Å². The molecule has 0 spiro atoms. The van der Waals surface area contributed by atoms with Crippen molar-refractivity contribution >= 4 is 0 Å². The number of aliphatic hydroxyl groups is 1. The minimum absolute atomic E-state index is 0.230. The molecular formula is C13H25NO4. The highest BCUT2D eigenvalue weighted by Crippen LogP contribution is 2.13. The van der Waals surface area contributed by atoms with Gasteiger partial charge in [-0.1, -0.05) is 0 Å². The van der Waals surface area contributed by atoms with E-state index >= 15 is 0 Å². The van der Waals surface area contributed by atoms with E-state index in [9.17, 15) is 5.11 Å². The summed E-state index contributed by atoms with van der Waals surface area (Å²) < 4.78 is 16.4. The molecule has 0 bridgehead atoms. The maximum absolute atomic E-state index is 9.80. The zero-order valence-electron chi connectivity index (χ0n) is 11.1. The highest BCUT2D eigenvalue weighted by Gasteiger charge is 2.24. The molecule has 2 N–H and O–H groups in total. The van der Waals surface area contributed by atoms with E-state index in [4.69, 9.17) is 14.2 Å². The molecule has 0 radical (unpaired) electrons. The van der Waals surface area contributed by atoms with Gasteiger partial charge in [0, 0.05) is 25.8 Å². The van der Waals surface area contributed by atoms with E-state index in [-0.39, 0.29) is 12.2 Å². The Labute approximate surface area is 109 Å². The van der Waals surface area contributed by atoms with Crippen LogP contribution in [0, 0.1) is 0 Å². The standard InChI is InChI=1S/C13H25NO4/c1-10-13(4-6-17-10)14-7-11(15)8-16-9-12-3-2-5-18-12/h10-15H,2-9H2,1H3. The Kier molecular flexibility index (Phi) is 5.85. The van der Waals surface area contributed by atoms with E-state index in [1.165, 1.54) is 0 Å². The lowest BCUT2D eigenvalue weighted by Crippen LogP contribution is -2.41. The van der Waals surface area contributed by atoms with Crippen LogP contribution in [0.25, 0.3) is 0 Å². The average molecular weight is 259 g/mol. The predicted molar refractivity (Wildman–Crippen MR) is 67.6 cm³/mol. The fraction of sp³-hybridized carbons (Fsp3) is 1.00. The smallest absolute Gasteiger partial charge is 0.0897 e. The van der Waals surface area contributed by atoms with E-state index in [2.05, 4.69) is 12.2 Å². The van der Waals surface area contributed by atoms with Gasteiger partial charge in [0.25, 0.3) is 0 Å². The molecule has 106 valence electrons. The van der Waals surface area contributed by atoms with Crippen molar-refractivity contribution in [1.82, 2.24) is 5.32 Å². The van der Waals surface area contributed by atoms with Crippen molar-refractivity contribution in [3.8, 4) is 0 Å². The Morgan fingerprint density at radius 2 is 2.22 bits per heavy atom. The van der Waals surface area contributed by atoms with Crippen LogP contribution in [-0.2, 0) is 14.2 Å². The lowest BCUT2D eigenvalue weighted by Gasteiger charge is -2.19. The molecule has 2 rings (SSSR count). The maximum atomic E-state index is 9.80. The van der Waals surface area contributed by atoms with Crippen molar-refractivity contribution in [1.29, 1.82) is 0 Å². The molecule has 18 heavy (non-hydrogen) atoms. The molecule has 5 heteroatoms. The summed E-state index contributed by atoms with van der Waals surface area (Å²) in [5, 5.41) is 13.1. The summed E-state index contributed by atoms with van der Waals surface area (Å²) in [6.45, 7) is 5.24. The van der Waals surface area contributed by atoms with E-state index in [1.807, 2.05) is 0 Å². The molecule has 2 aliphatic heterocycles. The monoisotopic (exact) mass is 259 g/mol. The van der Waals surface area contributed by atoms with Gasteiger partial charge in [-0.05, 0) is 26.2 Å². The van der Waals surface area contributed by atoms with Crippen LogP contribution in [0.4, 0.5) is 0 Å². The van der Waals surface area contributed by atoms with E-state index in [1.54, 1.807) is 0 Å². The molecule has 2 saturated heterocycles. The summed E-state index contributed by atoms with van der Waals surface area (Å²) in [4.78, 5) is 0. The van der Waals surface area contributed by atoms with Crippen LogP contribution in [0.1, 0.15) is 26.2 Å². The quantitative estimate of drug-likeness (QED) is 0.689. The molecule has 0 saturated carbocycles. The Morgan fingerprint density at radius 3 is 2.89 bits per heavy atom. The van der Waals surface area contributed by atoms with Crippen molar-refractivity contribution in [2.75, 3.05) is 33.0 Å². The number of hydrogen-bond acceptors (Lipinski definition) is 5. The van der Waals surface area contributed by atoms with Crippen molar-refractivity contribution in [2.24, 2.45) is 0 Å². The first kappa shape index (κ1) is 14.2. The third-order valence-electron chi connectivity index (χ3n) is 3.63. The van der Waals surface area contributed by atoms with Gasteiger partial charge >= 0.3 is 0 Å². The van der Waals surface area contributed by atoms with Crippen molar-refractivity contribution in [3.63, 3.8) is 0 Å². The van der Waals surface area contributed by atoms with Gasteiger partial charge in [-0.2, -0.15) is 0 Å². The number of aliphatic hydroxyl groups excluding tert-OH is 1. The number of ether oxygens (including phenoxy) is 3. The van der Waals surface area contributed by atoms with Gasteiger partial charge in [-0.15, -0.1) is 0 Å². The Morgan fingerprint density at radius 1 is 1.33 bits per heavy atom. The third-order valence-corrected chi connectivity index (χ3v) is 3.63. The van der Waals surface area contributed by atoms with Crippen LogP contribution in [0.5, 0.6) is 0 Å². The second-order valence-corrected chi connectivity index (χ2v) is 5.21. The summed E-state index contributed by atoms with van der Waals surface area (Å²) in [6.07, 6.45) is 3.23. The predicted octanol–water partition coefficient (Wildman–Crippen LogP) is 0.310. The molecule has 5 nitrogen and oxygen atoms in total. The van der Waals surface area contributed by atoms with Gasteiger partial charge in [-0.3, -0.25) is 0 Å². The van der Waals surface area contributed by atoms with Crippen molar-refractivity contribution in [2.45, 2.75) is 50.5 Å². The van der Waals surface area contributed by atoms with Crippen LogP contribution >= 0.6 is 0 Å². The van der Waals surface area contributed by atoms with Crippen LogP contribution < -0.4 is 5.32 Å². The Bertz CT molecular complexity index is 233. The van der Waals surface area contributed by atoms with E-state index in [0.717, 1.165) is 32.5 Å². The number of hydrogen-bond donors (Lipinski definition) is 2. The van der Waals surface area contributed by atoms with Gasteiger partial charge in [0.1, 0.15) is 0 Å². The fourth-order valence-electron chi connectivity index (χ4n) is 2.46. The van der Waals surface area contributed by atoms with Crippen molar-refractivity contribution < 1.29 is 19.3 Å². The summed E-state index contributed by atoms with van der Waals surface area (Å²) >= 11 is 0. The molecule has 0 aromatic heterocycles. The van der Waals surface area contributed by atoms with Crippen molar-refractivity contribution in [3.05, 3.63) is 0 Å². The molecule has 2 fully saturated rings. The highest BCUT2D eigenvalue weighted by molar-refractivity contribution is 4.80. The largest absolute Gasteiger partial charge is 0.389 e. The zero-order valence-corrected chi connectivity index (χ0v) is 11.1. The third kappa shape index (κ3) is 4.48. The molecule has 0 amide bonds. The average Bonchev–Trinajstić information content (AvgIpc) is 2.98. The summed E-state index contributed by atoms with van der Waals surface area (Å²) in [5.74, 6) is 0. The minimum Gasteiger partial charge on any atom is -0.389 e. The molecule has 0 aromatic rings. The first-order valence-electron chi connectivity index (χ1n) is 6.98. The summed E-state index contributed by atoms with van der Waals surface area (Å²) in [7, 11) is 0. The maximum Gasteiger partial charge on any atom is 0.0897 e. The molecular weight excluding hydrogens is 234 g/mol. The molecule has 4 atom stereocenters. The Balaban J connectivity index is 1.50. The highest BCUT2D eigenvalue weighted by atomic mass is 16.5. The van der Waals surface area contributed by atoms with Gasteiger partial charge in [0.15, 0.2) is 0 Å².